The van der Waals surface area contributed by atoms with Gasteiger partial charge in [-0.05, 0) is 47.9 Å². The molecule has 0 aliphatic carbocycles. The van der Waals surface area contributed by atoms with Crippen molar-refractivity contribution in [3.05, 3.63) is 120 Å². The van der Waals surface area contributed by atoms with E-state index in [9.17, 15) is 18.0 Å². The monoisotopic (exact) mass is 562 g/mol. The number of nitrogens with zero attached hydrogens (tertiary/aromatic N) is 3. The van der Waals surface area contributed by atoms with Crippen molar-refractivity contribution in [2.24, 2.45) is 0 Å². The Kier molecular flexibility index (Phi) is 8.35. The first kappa shape index (κ1) is 27.3. The van der Waals surface area contributed by atoms with E-state index in [0.29, 0.717) is 18.7 Å². The van der Waals surface area contributed by atoms with Crippen LogP contribution < -0.4 is 5.32 Å². The maximum Gasteiger partial charge on any atom is 0.416 e. The predicted molar refractivity (Wildman–Crippen MR) is 147 cm³/mol. The summed E-state index contributed by atoms with van der Waals surface area (Å²) in [5.74, 6) is 0.490. The first-order valence-corrected chi connectivity index (χ1v) is 13.5. The van der Waals surface area contributed by atoms with Crippen LogP contribution in [0.15, 0.2) is 113 Å². The summed E-state index contributed by atoms with van der Waals surface area (Å²) in [5.41, 5.74) is 1.74. The van der Waals surface area contributed by atoms with Gasteiger partial charge in [0.1, 0.15) is 0 Å². The molecular weight excluding hydrogens is 537 g/mol. The van der Waals surface area contributed by atoms with Crippen LogP contribution in [0.5, 0.6) is 0 Å². The van der Waals surface area contributed by atoms with Gasteiger partial charge in [0.15, 0.2) is 10.9 Å². The average Bonchev–Trinajstić information content (AvgIpc) is 3.65. The zero-order chi connectivity index (χ0) is 28.0. The van der Waals surface area contributed by atoms with Crippen molar-refractivity contribution in [2.45, 2.75) is 23.7 Å². The summed E-state index contributed by atoms with van der Waals surface area (Å²) in [5, 5.41) is 11.5. The Bertz CT molecular complexity index is 1500. The third kappa shape index (κ3) is 6.45. The average molecular weight is 563 g/mol. The van der Waals surface area contributed by atoms with Crippen molar-refractivity contribution in [2.75, 3.05) is 12.3 Å². The van der Waals surface area contributed by atoms with Crippen LogP contribution in [0.4, 0.5) is 13.2 Å². The maximum atomic E-state index is 13.4. The van der Waals surface area contributed by atoms with E-state index in [1.807, 2.05) is 36.4 Å². The highest BCUT2D eigenvalue weighted by Gasteiger charge is 2.31. The third-order valence-electron chi connectivity index (χ3n) is 6.30. The summed E-state index contributed by atoms with van der Waals surface area (Å²) in [6.07, 6.45) is -2.37. The molecule has 0 atom stereocenters. The Morgan fingerprint density at radius 2 is 1.60 bits per heavy atom. The van der Waals surface area contributed by atoms with Gasteiger partial charge >= 0.3 is 6.18 Å². The molecule has 2 heterocycles. The van der Waals surface area contributed by atoms with E-state index >= 15 is 0 Å². The Morgan fingerprint density at radius 3 is 2.23 bits per heavy atom. The van der Waals surface area contributed by atoms with E-state index in [-0.39, 0.29) is 34.2 Å². The number of carbonyl (C=O) groups excluding carboxylic acids is 1. The first-order chi connectivity index (χ1) is 19.4. The van der Waals surface area contributed by atoms with Crippen molar-refractivity contribution in [3.8, 4) is 17.3 Å². The molecule has 0 fully saturated rings. The van der Waals surface area contributed by atoms with Gasteiger partial charge in [-0.3, -0.25) is 9.36 Å². The molecule has 0 bridgehead atoms. The second-order valence-electron chi connectivity index (χ2n) is 8.97. The smallest absolute Gasteiger partial charge is 0.416 e. The van der Waals surface area contributed by atoms with Crippen molar-refractivity contribution >= 4 is 17.7 Å². The lowest BCUT2D eigenvalue weighted by Crippen LogP contribution is -2.27. The maximum absolute atomic E-state index is 13.4. The molecule has 0 aliphatic rings. The number of carbonyl (C=O) groups is 1. The number of aromatic nitrogens is 3. The molecule has 0 saturated heterocycles. The largest absolute Gasteiger partial charge is 0.461 e. The molecule has 5 aromatic rings. The van der Waals surface area contributed by atoms with Crippen LogP contribution in [0.3, 0.4) is 0 Å². The molecule has 0 radical (unpaired) electrons. The molecule has 0 saturated carbocycles. The van der Waals surface area contributed by atoms with Crippen molar-refractivity contribution in [3.63, 3.8) is 0 Å². The van der Waals surface area contributed by atoms with Gasteiger partial charge in [-0.15, -0.1) is 10.2 Å². The molecule has 0 aliphatic heterocycles. The highest BCUT2D eigenvalue weighted by Crippen LogP contribution is 2.33. The Hall–Kier alpha value is -4.31. The predicted octanol–water partition coefficient (Wildman–Crippen LogP) is 6.98. The number of furan rings is 1. The van der Waals surface area contributed by atoms with Crippen molar-refractivity contribution in [1.29, 1.82) is 0 Å². The molecule has 10 heteroatoms. The molecule has 204 valence electrons. The minimum absolute atomic E-state index is 0.0105. The van der Waals surface area contributed by atoms with E-state index in [2.05, 4.69) is 39.8 Å². The van der Waals surface area contributed by atoms with Gasteiger partial charge in [0.2, 0.25) is 11.7 Å². The number of benzene rings is 3. The molecule has 1 N–H and O–H groups in total. The van der Waals surface area contributed by atoms with Gasteiger partial charge in [-0.2, -0.15) is 13.2 Å². The van der Waals surface area contributed by atoms with Gasteiger partial charge < -0.3 is 9.73 Å². The second-order valence-corrected chi connectivity index (χ2v) is 9.91. The molecule has 1 amide bonds. The summed E-state index contributed by atoms with van der Waals surface area (Å²) < 4.78 is 47.1. The van der Waals surface area contributed by atoms with Crippen LogP contribution in [0, 0.1) is 0 Å². The van der Waals surface area contributed by atoms with E-state index in [1.54, 1.807) is 12.1 Å². The SMILES string of the molecule is O=C(CSc1nnc(-c2ccco2)n1-c1cccc(C(F)(F)F)c1)NCCC(c1ccccc1)c1ccccc1. The fourth-order valence-electron chi connectivity index (χ4n) is 4.42. The summed E-state index contributed by atoms with van der Waals surface area (Å²) in [6.45, 7) is 0.450. The lowest BCUT2D eigenvalue weighted by Gasteiger charge is -2.18. The van der Waals surface area contributed by atoms with Crippen LogP contribution in [-0.2, 0) is 11.0 Å². The number of halogens is 3. The molecule has 40 heavy (non-hydrogen) atoms. The molecule has 0 spiro atoms. The van der Waals surface area contributed by atoms with Gasteiger partial charge in [-0.25, -0.2) is 0 Å². The van der Waals surface area contributed by atoms with Crippen LogP contribution in [0.2, 0.25) is 0 Å². The van der Waals surface area contributed by atoms with Gasteiger partial charge in [0.05, 0.1) is 23.3 Å². The lowest BCUT2D eigenvalue weighted by molar-refractivity contribution is -0.137. The summed E-state index contributed by atoms with van der Waals surface area (Å²) in [6, 6.07) is 28.4. The van der Waals surface area contributed by atoms with E-state index in [1.165, 1.54) is 23.0 Å². The number of nitrogens with one attached hydrogen (secondary N) is 1. The number of rotatable bonds is 10. The lowest BCUT2D eigenvalue weighted by atomic mass is 9.88. The zero-order valence-corrected chi connectivity index (χ0v) is 22.0. The Morgan fingerprint density at radius 1 is 0.900 bits per heavy atom. The normalized spacial score (nSPS) is 11.6. The quantitative estimate of drug-likeness (QED) is 0.186. The van der Waals surface area contributed by atoms with Crippen LogP contribution in [0.25, 0.3) is 17.3 Å². The molecular formula is C30H25F3N4O2S. The zero-order valence-electron chi connectivity index (χ0n) is 21.2. The standard InChI is InChI=1S/C30H25F3N4O2S/c31-30(32,33)23-13-7-14-24(19-23)37-28(26-15-8-18-39-26)35-36-29(37)40-20-27(38)34-17-16-25(21-9-3-1-4-10-21)22-11-5-2-6-12-22/h1-15,18-19,25H,16-17,20H2,(H,34,38). The fourth-order valence-corrected chi connectivity index (χ4v) is 5.20. The van der Waals surface area contributed by atoms with Crippen LogP contribution >= 0.6 is 11.8 Å². The molecule has 3 aromatic carbocycles. The van der Waals surface area contributed by atoms with E-state index in [0.717, 1.165) is 35.0 Å². The number of hydrogen-bond donors (Lipinski definition) is 1. The van der Waals surface area contributed by atoms with Crippen LogP contribution in [-0.4, -0.2) is 33.0 Å². The highest BCUT2D eigenvalue weighted by atomic mass is 32.2. The van der Waals surface area contributed by atoms with Crippen molar-refractivity contribution in [1.82, 2.24) is 20.1 Å². The minimum Gasteiger partial charge on any atom is -0.461 e. The molecule has 0 unspecified atom stereocenters. The Labute approximate surface area is 233 Å². The van der Waals surface area contributed by atoms with E-state index < -0.39 is 11.7 Å². The molecule has 6 nitrogen and oxygen atoms in total. The first-order valence-electron chi connectivity index (χ1n) is 12.6. The van der Waals surface area contributed by atoms with Gasteiger partial charge in [-0.1, -0.05) is 78.5 Å². The molecule has 5 rings (SSSR count). The Balaban J connectivity index is 1.29. The highest BCUT2D eigenvalue weighted by molar-refractivity contribution is 7.99. The van der Waals surface area contributed by atoms with Gasteiger partial charge in [0.25, 0.3) is 0 Å². The van der Waals surface area contributed by atoms with Gasteiger partial charge in [0, 0.05) is 12.5 Å². The number of thioether (sulfide) groups is 1. The summed E-state index contributed by atoms with van der Waals surface area (Å²) in [4.78, 5) is 12.8. The summed E-state index contributed by atoms with van der Waals surface area (Å²) in [7, 11) is 0. The van der Waals surface area contributed by atoms with Crippen LogP contribution in [0.1, 0.15) is 29.0 Å². The number of amides is 1. The number of hydrogen-bond acceptors (Lipinski definition) is 5. The third-order valence-corrected chi connectivity index (χ3v) is 7.23. The van der Waals surface area contributed by atoms with E-state index in [4.69, 9.17) is 4.42 Å². The summed E-state index contributed by atoms with van der Waals surface area (Å²) >= 11 is 1.09. The fraction of sp³-hybridized carbons (Fsp3) is 0.167. The topological polar surface area (TPSA) is 73.0 Å². The molecule has 2 aromatic heterocycles. The van der Waals surface area contributed by atoms with Crippen molar-refractivity contribution < 1.29 is 22.4 Å². The minimum atomic E-state index is -4.51. The second kappa shape index (κ2) is 12.3. The number of alkyl halides is 3.